The average Bonchev–Trinajstić information content (AvgIpc) is 3.79. The number of hydrogen-bond donors (Lipinski definition) is 0. The van der Waals surface area contributed by atoms with Crippen LogP contribution in [0.4, 0.5) is 0 Å². The van der Waals surface area contributed by atoms with Gasteiger partial charge in [-0.15, -0.1) is 0 Å². The molecular weight excluding hydrogens is 791 g/mol. The predicted molar refractivity (Wildman–Crippen MR) is 224 cm³/mol. The summed E-state index contributed by atoms with van der Waals surface area (Å²) in [6.07, 6.45) is 10.2. The second-order valence-corrected chi connectivity index (χ2v) is 41.5. The summed E-state index contributed by atoms with van der Waals surface area (Å²) in [5.74, 6) is 0. The number of benzene rings is 6. The van der Waals surface area contributed by atoms with Crippen LogP contribution in [0.1, 0.15) is 74.1 Å². The molecule has 6 aromatic rings. The molecule has 0 saturated heterocycles. The van der Waals surface area contributed by atoms with Crippen LogP contribution in [-0.4, -0.2) is 3.26 Å². The van der Waals surface area contributed by atoms with Crippen LogP contribution in [0, 0.1) is 41.5 Å². The van der Waals surface area contributed by atoms with E-state index in [1.54, 1.807) is 3.26 Å². The topological polar surface area (TPSA) is 0 Å². The van der Waals surface area contributed by atoms with E-state index < -0.39 is 18.0 Å². The molecule has 0 spiro atoms. The number of fused-ring (bicyclic) bond motifs is 2. The zero-order valence-corrected chi connectivity index (χ0v) is 35.6. The van der Waals surface area contributed by atoms with Crippen molar-refractivity contribution in [2.75, 3.05) is 0 Å². The third-order valence-corrected chi connectivity index (χ3v) is 38.1. The molecule has 52 heavy (non-hydrogen) atoms. The van der Waals surface area contributed by atoms with E-state index in [1.165, 1.54) is 89.0 Å². The number of allylic oxidation sites excluding steroid dienone is 2. The maximum atomic E-state index is 2.79. The summed E-state index contributed by atoms with van der Waals surface area (Å²) in [6, 6.07) is 46.6. The molecule has 0 radical (unpaired) electrons. The van der Waals surface area contributed by atoms with Crippen molar-refractivity contribution in [1.29, 1.82) is 0 Å². The Hall–Kier alpha value is -4.46. The first-order valence-corrected chi connectivity index (χ1v) is 32.1. The molecule has 2 aliphatic carbocycles. The van der Waals surface area contributed by atoms with Crippen molar-refractivity contribution in [3.63, 3.8) is 0 Å². The van der Waals surface area contributed by atoms with Gasteiger partial charge in [0.15, 0.2) is 0 Å². The van der Waals surface area contributed by atoms with Crippen molar-refractivity contribution in [3.8, 4) is 22.3 Å². The van der Waals surface area contributed by atoms with Crippen LogP contribution < -0.4 is 0 Å². The summed E-state index contributed by atoms with van der Waals surface area (Å²) in [7, 11) is 0. The van der Waals surface area contributed by atoms with Crippen LogP contribution >= 0.6 is 0 Å². The van der Waals surface area contributed by atoms with Crippen molar-refractivity contribution in [1.82, 2.24) is 0 Å². The Morgan fingerprint density at radius 2 is 0.788 bits per heavy atom. The summed E-state index contributed by atoms with van der Waals surface area (Å²) < 4.78 is 7.78. The molecule has 0 nitrogen and oxygen atoms in total. The molecule has 0 aromatic heterocycles. The maximum absolute atomic E-state index is 4.65. The molecule has 0 bridgehead atoms. The van der Waals surface area contributed by atoms with Gasteiger partial charge < -0.3 is 0 Å². The number of hydrogen-bond acceptors (Lipinski definition) is 0. The molecule has 0 saturated carbocycles. The van der Waals surface area contributed by atoms with E-state index in [0.29, 0.717) is 7.35 Å². The Bertz CT molecular complexity index is 2340. The quantitative estimate of drug-likeness (QED) is 0.147. The monoisotopic (exact) mass is 842 g/mol. The van der Waals surface area contributed by atoms with Gasteiger partial charge in [-0.3, -0.25) is 0 Å². The van der Waals surface area contributed by atoms with Crippen LogP contribution in [0.15, 0.2) is 133 Å². The third kappa shape index (κ3) is 5.38. The van der Waals surface area contributed by atoms with Gasteiger partial charge in [0.25, 0.3) is 0 Å². The van der Waals surface area contributed by atoms with Gasteiger partial charge in [0.2, 0.25) is 0 Å². The Balaban J connectivity index is 1.47. The first kappa shape index (κ1) is 34.6. The van der Waals surface area contributed by atoms with E-state index in [2.05, 4.69) is 197 Å². The fraction of sp³-hybridized carbons (Fsp3) is 0.196. The summed E-state index contributed by atoms with van der Waals surface area (Å²) in [4.78, 5) is 0. The third-order valence-electron chi connectivity index (χ3n) is 13.0. The SMILES string of the molecule is Cc1ccc([C](c2ccc(C)cc2)=[Hf]([CH3])([CH3])([CH]2C=Cc3c(-c4cccc(C)c4C)cccc32)[CH]2C=Cc3c(-c4cccc(C)c4C)cccc32)cc1. The van der Waals surface area contributed by atoms with Crippen LogP contribution in [0.2, 0.25) is 9.36 Å². The fourth-order valence-corrected chi connectivity index (χ4v) is 34.8. The van der Waals surface area contributed by atoms with E-state index in [4.69, 9.17) is 0 Å². The van der Waals surface area contributed by atoms with Gasteiger partial charge in [0, 0.05) is 0 Å². The van der Waals surface area contributed by atoms with Crippen molar-refractivity contribution >= 4 is 15.4 Å². The van der Waals surface area contributed by atoms with Crippen LogP contribution in [0.5, 0.6) is 0 Å². The molecule has 258 valence electrons. The summed E-state index contributed by atoms with van der Waals surface area (Å²) in [6.45, 7) is 13.4. The van der Waals surface area contributed by atoms with Gasteiger partial charge in [-0.05, 0) is 0 Å². The van der Waals surface area contributed by atoms with Gasteiger partial charge >= 0.3 is 314 Å². The molecule has 0 fully saturated rings. The standard InChI is InChI=1S/2C17H15.C15H14.2CH3.Hf/c2*1-12-6-3-9-15(13(12)2)17-11-5-8-14-7-4-10-16(14)17;1-12-3-7-14(8-4-12)11-15-9-5-13(2)6-10-15;;;/h2*3-11H,1-2H3;3-10H,1-2H3;2*1H3;. The molecule has 2 aliphatic rings. The number of rotatable bonds is 6. The van der Waals surface area contributed by atoms with E-state index >= 15 is 0 Å². The normalized spacial score (nSPS) is 16.2. The predicted octanol–water partition coefficient (Wildman–Crippen LogP) is 13.8. The van der Waals surface area contributed by atoms with Gasteiger partial charge in [0.1, 0.15) is 0 Å². The average molecular weight is 841 g/mol. The Labute approximate surface area is 312 Å². The molecule has 8 rings (SSSR count). The molecule has 2 unspecified atom stereocenters. The molecule has 0 amide bonds. The van der Waals surface area contributed by atoms with Gasteiger partial charge in [-0.2, -0.15) is 0 Å². The minimum atomic E-state index is -4.65. The Morgan fingerprint density at radius 1 is 0.423 bits per heavy atom. The zero-order valence-electron chi connectivity index (χ0n) is 32.0. The first-order valence-electron chi connectivity index (χ1n) is 18.9. The Morgan fingerprint density at radius 3 is 1.19 bits per heavy atom. The number of aryl methyl sites for hydroxylation is 4. The minimum absolute atomic E-state index is 0.305. The molecule has 6 aromatic carbocycles. The zero-order chi connectivity index (χ0) is 36.4. The van der Waals surface area contributed by atoms with Crippen LogP contribution in [0.25, 0.3) is 34.4 Å². The summed E-state index contributed by atoms with van der Waals surface area (Å²) in [5.41, 5.74) is 21.9. The van der Waals surface area contributed by atoms with E-state index in [9.17, 15) is 0 Å². The summed E-state index contributed by atoms with van der Waals surface area (Å²) in [5, 5.41) is 0. The van der Waals surface area contributed by atoms with Gasteiger partial charge in [-0.25, -0.2) is 0 Å². The second kappa shape index (κ2) is 12.9. The molecule has 0 heterocycles. The fourth-order valence-electron chi connectivity index (χ4n) is 9.80. The van der Waals surface area contributed by atoms with Crippen molar-refractivity contribution in [3.05, 3.63) is 200 Å². The molecule has 1 heteroatoms. The van der Waals surface area contributed by atoms with Crippen molar-refractivity contribution < 1.29 is 18.0 Å². The van der Waals surface area contributed by atoms with E-state index in [0.717, 1.165) is 0 Å². The molecular formula is C51H50Hf. The van der Waals surface area contributed by atoms with Crippen molar-refractivity contribution in [2.24, 2.45) is 0 Å². The molecule has 0 N–H and O–H groups in total. The van der Waals surface area contributed by atoms with E-state index in [1.807, 2.05) is 0 Å². The second-order valence-electron chi connectivity index (χ2n) is 16.5. The van der Waals surface area contributed by atoms with Crippen LogP contribution in [-0.2, 0) is 18.0 Å². The van der Waals surface area contributed by atoms with E-state index in [-0.39, 0.29) is 0 Å². The first-order chi connectivity index (χ1) is 25.0. The van der Waals surface area contributed by atoms with Crippen molar-refractivity contribution in [2.45, 2.75) is 58.3 Å². The van der Waals surface area contributed by atoms with Crippen LogP contribution in [0.3, 0.4) is 0 Å². The van der Waals surface area contributed by atoms with Gasteiger partial charge in [0.05, 0.1) is 0 Å². The Kier molecular flexibility index (Phi) is 8.58. The summed E-state index contributed by atoms with van der Waals surface area (Å²) >= 11 is -4.65. The molecule has 0 aliphatic heterocycles. The van der Waals surface area contributed by atoms with Gasteiger partial charge in [-0.1, -0.05) is 0 Å². The molecule has 2 atom stereocenters.